The lowest BCUT2D eigenvalue weighted by Crippen LogP contribution is -2.36. The summed E-state index contributed by atoms with van der Waals surface area (Å²) in [6.07, 6.45) is 0.770. The Labute approximate surface area is 175 Å². The number of halogens is 1. The normalized spacial score (nSPS) is 18.6. The molecule has 1 aromatic heterocycles. The van der Waals surface area contributed by atoms with Crippen LogP contribution < -0.4 is 5.32 Å². The monoisotopic (exact) mass is 423 g/mol. The van der Waals surface area contributed by atoms with Gasteiger partial charge < -0.3 is 9.88 Å². The third-order valence-corrected chi connectivity index (χ3v) is 6.81. The van der Waals surface area contributed by atoms with Gasteiger partial charge in [-0.05, 0) is 30.3 Å². The first-order chi connectivity index (χ1) is 14.5. The summed E-state index contributed by atoms with van der Waals surface area (Å²) in [5.41, 5.74) is 3.34. The standard InChI is InChI=1S/C22H18FN3O3S/c23-12-5-6-16-14(9-12)15-11-26(8-7-17(15)24-16)22(29)13-3-1-2-4-18(13)30-19-10-20(27)25-21(19)28/h1-6,9,19,24H,7-8,10-11H2,(H,25,27,28). The minimum Gasteiger partial charge on any atom is -0.358 e. The first-order valence-electron chi connectivity index (χ1n) is 9.67. The Bertz CT molecular complexity index is 1210. The third kappa shape index (κ3) is 3.27. The Morgan fingerprint density at radius 3 is 2.80 bits per heavy atom. The average Bonchev–Trinajstić information content (AvgIpc) is 3.25. The zero-order valence-electron chi connectivity index (χ0n) is 15.9. The summed E-state index contributed by atoms with van der Waals surface area (Å²) in [4.78, 5) is 42.5. The molecule has 2 aliphatic heterocycles. The van der Waals surface area contributed by atoms with E-state index < -0.39 is 5.25 Å². The van der Waals surface area contributed by atoms with Crippen molar-refractivity contribution in [2.75, 3.05) is 6.54 Å². The van der Waals surface area contributed by atoms with E-state index in [4.69, 9.17) is 0 Å². The van der Waals surface area contributed by atoms with Crippen molar-refractivity contribution < 1.29 is 18.8 Å². The van der Waals surface area contributed by atoms with E-state index in [0.29, 0.717) is 30.0 Å². The molecular weight excluding hydrogens is 405 g/mol. The smallest absolute Gasteiger partial charge is 0.255 e. The van der Waals surface area contributed by atoms with E-state index >= 15 is 0 Å². The van der Waals surface area contributed by atoms with Crippen molar-refractivity contribution in [1.82, 2.24) is 15.2 Å². The molecule has 2 aromatic carbocycles. The molecule has 30 heavy (non-hydrogen) atoms. The highest BCUT2D eigenvalue weighted by atomic mass is 32.2. The molecule has 6 nitrogen and oxygen atoms in total. The second kappa shape index (κ2) is 7.28. The molecule has 1 saturated heterocycles. The van der Waals surface area contributed by atoms with Crippen LogP contribution in [0.4, 0.5) is 4.39 Å². The molecule has 3 aromatic rings. The van der Waals surface area contributed by atoms with Crippen molar-refractivity contribution in [2.45, 2.75) is 29.5 Å². The van der Waals surface area contributed by atoms with Gasteiger partial charge in [-0.3, -0.25) is 19.7 Å². The van der Waals surface area contributed by atoms with Gasteiger partial charge in [-0.25, -0.2) is 4.39 Å². The van der Waals surface area contributed by atoms with E-state index in [1.165, 1.54) is 23.9 Å². The van der Waals surface area contributed by atoms with Crippen LogP contribution in [0.25, 0.3) is 10.9 Å². The van der Waals surface area contributed by atoms with Gasteiger partial charge in [-0.1, -0.05) is 12.1 Å². The number of nitrogens with one attached hydrogen (secondary N) is 2. The fraction of sp³-hybridized carbons (Fsp3) is 0.227. The van der Waals surface area contributed by atoms with Crippen LogP contribution >= 0.6 is 11.8 Å². The average molecular weight is 423 g/mol. The molecule has 5 rings (SSSR count). The van der Waals surface area contributed by atoms with Crippen molar-refractivity contribution >= 4 is 40.4 Å². The molecule has 8 heteroatoms. The molecule has 0 spiro atoms. The van der Waals surface area contributed by atoms with E-state index in [0.717, 1.165) is 22.2 Å². The lowest BCUT2D eigenvalue weighted by molar-refractivity contribution is -0.124. The number of amides is 3. The van der Waals surface area contributed by atoms with Crippen molar-refractivity contribution in [3.05, 3.63) is 65.1 Å². The summed E-state index contributed by atoms with van der Waals surface area (Å²) < 4.78 is 13.8. The largest absolute Gasteiger partial charge is 0.358 e. The molecule has 0 saturated carbocycles. The lowest BCUT2D eigenvalue weighted by Gasteiger charge is -2.28. The van der Waals surface area contributed by atoms with Crippen LogP contribution in [0, 0.1) is 5.82 Å². The molecule has 3 amide bonds. The highest BCUT2D eigenvalue weighted by Gasteiger charge is 2.33. The number of hydrogen-bond donors (Lipinski definition) is 2. The summed E-state index contributed by atoms with van der Waals surface area (Å²) in [5.74, 6) is -1.06. The fourth-order valence-electron chi connectivity index (χ4n) is 4.05. The zero-order valence-corrected chi connectivity index (χ0v) is 16.7. The molecule has 0 radical (unpaired) electrons. The fourth-order valence-corrected chi connectivity index (χ4v) is 5.20. The third-order valence-electron chi connectivity index (χ3n) is 5.54. The maximum Gasteiger partial charge on any atom is 0.255 e. The second-order valence-electron chi connectivity index (χ2n) is 7.47. The number of carbonyl (C=O) groups is 3. The quantitative estimate of drug-likeness (QED) is 0.635. The number of nitrogens with zero attached hydrogens (tertiary/aromatic N) is 1. The van der Waals surface area contributed by atoms with Gasteiger partial charge in [0, 0.05) is 53.0 Å². The number of benzene rings is 2. The second-order valence-corrected chi connectivity index (χ2v) is 8.71. The minimum atomic E-state index is -0.531. The molecule has 1 fully saturated rings. The van der Waals surface area contributed by atoms with Crippen LogP contribution in [-0.4, -0.2) is 39.4 Å². The van der Waals surface area contributed by atoms with E-state index in [2.05, 4.69) is 10.3 Å². The molecule has 0 aliphatic carbocycles. The summed E-state index contributed by atoms with van der Waals surface area (Å²) in [7, 11) is 0. The summed E-state index contributed by atoms with van der Waals surface area (Å²) in [6, 6.07) is 11.8. The number of thioether (sulfide) groups is 1. The predicted octanol–water partition coefficient (Wildman–Crippen LogP) is 3.01. The summed E-state index contributed by atoms with van der Waals surface area (Å²) >= 11 is 1.24. The Hall–Kier alpha value is -3.13. The van der Waals surface area contributed by atoms with Crippen LogP contribution in [0.15, 0.2) is 47.4 Å². The van der Waals surface area contributed by atoms with Gasteiger partial charge in [0.1, 0.15) is 5.82 Å². The van der Waals surface area contributed by atoms with Crippen molar-refractivity contribution in [2.24, 2.45) is 0 Å². The van der Waals surface area contributed by atoms with Gasteiger partial charge in [0.2, 0.25) is 11.8 Å². The SMILES string of the molecule is O=C1CC(Sc2ccccc2C(=O)N2CCc3[nH]c4ccc(F)cc4c3C2)C(=O)N1. The Kier molecular flexibility index (Phi) is 4.58. The molecule has 152 valence electrons. The maximum absolute atomic E-state index is 13.8. The van der Waals surface area contributed by atoms with Crippen LogP contribution in [0.5, 0.6) is 0 Å². The molecule has 0 bridgehead atoms. The number of H-pyrrole nitrogens is 1. The molecule has 3 heterocycles. The zero-order chi connectivity index (χ0) is 20.8. The maximum atomic E-state index is 13.8. The minimum absolute atomic E-state index is 0.111. The van der Waals surface area contributed by atoms with Gasteiger partial charge in [0.25, 0.3) is 5.91 Å². The van der Waals surface area contributed by atoms with Crippen molar-refractivity contribution in [3.63, 3.8) is 0 Å². The summed E-state index contributed by atoms with van der Waals surface area (Å²) in [5, 5.41) is 2.57. The topological polar surface area (TPSA) is 82.3 Å². The van der Waals surface area contributed by atoms with Crippen LogP contribution in [-0.2, 0) is 22.6 Å². The molecular formula is C22H18FN3O3S. The van der Waals surface area contributed by atoms with E-state index in [-0.39, 0.29) is 30.0 Å². The molecule has 2 aliphatic rings. The number of aromatic nitrogens is 1. The van der Waals surface area contributed by atoms with Gasteiger partial charge in [-0.15, -0.1) is 11.8 Å². The van der Waals surface area contributed by atoms with Crippen LogP contribution in [0.2, 0.25) is 0 Å². The summed E-state index contributed by atoms with van der Waals surface area (Å²) in [6.45, 7) is 0.932. The van der Waals surface area contributed by atoms with Crippen LogP contribution in [0.3, 0.4) is 0 Å². The van der Waals surface area contributed by atoms with Gasteiger partial charge >= 0.3 is 0 Å². The molecule has 2 N–H and O–H groups in total. The lowest BCUT2D eigenvalue weighted by atomic mass is 10.0. The van der Waals surface area contributed by atoms with E-state index in [9.17, 15) is 18.8 Å². The number of aromatic amines is 1. The Balaban J connectivity index is 1.42. The number of hydrogen-bond acceptors (Lipinski definition) is 4. The number of rotatable bonds is 3. The Morgan fingerprint density at radius 2 is 2.00 bits per heavy atom. The van der Waals surface area contributed by atoms with Gasteiger partial charge in [0.15, 0.2) is 0 Å². The van der Waals surface area contributed by atoms with E-state index in [1.54, 1.807) is 29.2 Å². The first-order valence-corrected chi connectivity index (χ1v) is 10.5. The predicted molar refractivity (Wildman–Crippen MR) is 111 cm³/mol. The highest BCUT2D eigenvalue weighted by Crippen LogP contribution is 2.33. The Morgan fingerprint density at radius 1 is 1.17 bits per heavy atom. The van der Waals surface area contributed by atoms with Crippen molar-refractivity contribution in [1.29, 1.82) is 0 Å². The highest BCUT2D eigenvalue weighted by molar-refractivity contribution is 8.00. The van der Waals surface area contributed by atoms with Crippen molar-refractivity contribution in [3.8, 4) is 0 Å². The van der Waals surface area contributed by atoms with Gasteiger partial charge in [0.05, 0.1) is 10.8 Å². The van der Waals surface area contributed by atoms with E-state index in [1.807, 2.05) is 6.07 Å². The number of fused-ring (bicyclic) bond motifs is 3. The first kappa shape index (κ1) is 18.9. The van der Waals surface area contributed by atoms with Crippen LogP contribution in [0.1, 0.15) is 28.0 Å². The molecule has 1 atom stereocenters. The molecule has 1 unspecified atom stereocenters. The van der Waals surface area contributed by atoms with Gasteiger partial charge in [-0.2, -0.15) is 0 Å². The number of carbonyl (C=O) groups excluding carboxylic acids is 3. The number of imide groups is 1.